The molecule has 3 fully saturated rings. The third-order valence-electron chi connectivity index (χ3n) is 4.95. The molecule has 0 amide bonds. The lowest BCUT2D eigenvalue weighted by Crippen LogP contribution is -2.32. The second-order valence-electron chi connectivity index (χ2n) is 5.89. The van der Waals surface area contributed by atoms with E-state index in [2.05, 4.69) is 5.32 Å². The Hall–Kier alpha value is -0.0400. The highest BCUT2D eigenvalue weighted by molar-refractivity contribution is 4.90. The molecule has 1 heteroatoms. The maximum Gasteiger partial charge on any atom is -0.00176 e. The van der Waals surface area contributed by atoms with E-state index in [1.807, 2.05) is 0 Å². The summed E-state index contributed by atoms with van der Waals surface area (Å²) in [5.41, 5.74) is 0. The van der Waals surface area contributed by atoms with Crippen LogP contribution in [0.4, 0.5) is 0 Å². The van der Waals surface area contributed by atoms with Crippen molar-refractivity contribution in [3.8, 4) is 0 Å². The quantitative estimate of drug-likeness (QED) is 0.724. The topological polar surface area (TPSA) is 12.0 Å². The third-order valence-corrected chi connectivity index (χ3v) is 4.95. The van der Waals surface area contributed by atoms with Crippen molar-refractivity contribution in [3.63, 3.8) is 0 Å². The highest BCUT2D eigenvalue weighted by atomic mass is 14.9. The van der Waals surface area contributed by atoms with E-state index in [4.69, 9.17) is 0 Å². The monoisotopic (exact) mass is 193 g/mol. The summed E-state index contributed by atoms with van der Waals surface area (Å²) >= 11 is 0. The van der Waals surface area contributed by atoms with Crippen LogP contribution in [0.15, 0.2) is 0 Å². The maximum atomic E-state index is 3.71. The first kappa shape index (κ1) is 9.21. The van der Waals surface area contributed by atoms with Crippen LogP contribution >= 0.6 is 0 Å². The van der Waals surface area contributed by atoms with E-state index in [1.165, 1.54) is 32.4 Å². The minimum atomic E-state index is 1.04. The number of hydrogen-bond acceptors (Lipinski definition) is 1. The lowest BCUT2D eigenvalue weighted by Gasteiger charge is -2.28. The van der Waals surface area contributed by atoms with Crippen LogP contribution in [0.2, 0.25) is 0 Å². The Morgan fingerprint density at radius 1 is 0.929 bits per heavy atom. The van der Waals surface area contributed by atoms with Crippen molar-refractivity contribution in [3.05, 3.63) is 0 Å². The molecular formula is C13H23N. The van der Waals surface area contributed by atoms with Gasteiger partial charge >= 0.3 is 0 Å². The van der Waals surface area contributed by atoms with Gasteiger partial charge in [-0.2, -0.15) is 0 Å². The van der Waals surface area contributed by atoms with Gasteiger partial charge in [0.1, 0.15) is 0 Å². The van der Waals surface area contributed by atoms with Crippen LogP contribution in [0.1, 0.15) is 44.9 Å². The largest absolute Gasteiger partial charge is 0.316 e. The molecule has 0 radical (unpaired) electrons. The Kier molecular flexibility index (Phi) is 2.53. The Balaban J connectivity index is 1.36. The predicted octanol–water partition coefficient (Wildman–Crippen LogP) is 2.81. The van der Waals surface area contributed by atoms with Gasteiger partial charge in [0.15, 0.2) is 0 Å². The van der Waals surface area contributed by atoms with Gasteiger partial charge in [-0.1, -0.05) is 12.8 Å². The molecule has 0 aromatic heterocycles. The summed E-state index contributed by atoms with van der Waals surface area (Å²) in [6, 6.07) is 0. The molecule has 0 heterocycles. The van der Waals surface area contributed by atoms with Crippen molar-refractivity contribution in [1.82, 2.24) is 5.32 Å². The molecule has 0 saturated heterocycles. The van der Waals surface area contributed by atoms with Gasteiger partial charge < -0.3 is 5.32 Å². The molecule has 3 rings (SSSR count). The van der Waals surface area contributed by atoms with Crippen LogP contribution in [0.3, 0.4) is 0 Å². The molecule has 80 valence electrons. The standard InChI is InChI=1S/C13H23N/c1-2-10(3-1)8-14-9-13-7-11-4-5-12(13)6-11/h10-14H,1-9H2. The lowest BCUT2D eigenvalue weighted by molar-refractivity contribution is 0.271. The van der Waals surface area contributed by atoms with Gasteiger partial charge in [-0.3, -0.25) is 0 Å². The second-order valence-corrected chi connectivity index (χ2v) is 5.89. The Bertz CT molecular complexity index is 197. The lowest BCUT2D eigenvalue weighted by atomic mass is 9.85. The zero-order valence-electron chi connectivity index (χ0n) is 9.17. The molecule has 3 unspecified atom stereocenters. The summed E-state index contributed by atoms with van der Waals surface area (Å²) < 4.78 is 0. The molecule has 0 aliphatic heterocycles. The molecule has 0 spiro atoms. The number of nitrogens with one attached hydrogen (secondary N) is 1. The van der Waals surface area contributed by atoms with Gasteiger partial charge in [-0.15, -0.1) is 0 Å². The molecule has 3 saturated carbocycles. The van der Waals surface area contributed by atoms with Crippen molar-refractivity contribution in [2.45, 2.75) is 44.9 Å². The van der Waals surface area contributed by atoms with Crippen molar-refractivity contribution in [2.75, 3.05) is 13.1 Å². The molecular weight excluding hydrogens is 170 g/mol. The molecule has 2 bridgehead atoms. The molecule has 3 atom stereocenters. The van der Waals surface area contributed by atoms with Gasteiger partial charge in [0, 0.05) is 0 Å². The fourth-order valence-corrected chi connectivity index (χ4v) is 3.80. The average molecular weight is 193 g/mol. The number of fused-ring (bicyclic) bond motifs is 2. The van der Waals surface area contributed by atoms with Crippen LogP contribution in [0, 0.1) is 23.7 Å². The summed E-state index contributed by atoms with van der Waals surface area (Å²) in [7, 11) is 0. The predicted molar refractivity (Wildman–Crippen MR) is 59.1 cm³/mol. The van der Waals surface area contributed by atoms with E-state index in [0.29, 0.717) is 0 Å². The van der Waals surface area contributed by atoms with Crippen molar-refractivity contribution in [2.24, 2.45) is 23.7 Å². The van der Waals surface area contributed by atoms with Crippen LogP contribution in [0.5, 0.6) is 0 Å². The Morgan fingerprint density at radius 3 is 2.43 bits per heavy atom. The molecule has 14 heavy (non-hydrogen) atoms. The maximum absolute atomic E-state index is 3.71. The van der Waals surface area contributed by atoms with Gasteiger partial charge in [0.25, 0.3) is 0 Å². The molecule has 0 aromatic carbocycles. The molecule has 3 aliphatic carbocycles. The van der Waals surface area contributed by atoms with E-state index in [1.54, 1.807) is 25.7 Å². The minimum Gasteiger partial charge on any atom is -0.316 e. The molecule has 0 aromatic rings. The fraction of sp³-hybridized carbons (Fsp3) is 1.00. The van der Waals surface area contributed by atoms with E-state index in [0.717, 1.165) is 23.7 Å². The molecule has 3 aliphatic rings. The summed E-state index contributed by atoms with van der Waals surface area (Å²) in [6.07, 6.45) is 10.7. The van der Waals surface area contributed by atoms with Crippen LogP contribution in [-0.4, -0.2) is 13.1 Å². The van der Waals surface area contributed by atoms with Crippen LogP contribution in [0.25, 0.3) is 0 Å². The third kappa shape index (κ3) is 1.71. The van der Waals surface area contributed by atoms with Gasteiger partial charge in [-0.05, 0) is 68.9 Å². The SMILES string of the molecule is C1CC(CNCC2CC3CCC2C3)C1. The average Bonchev–Trinajstić information content (AvgIpc) is 2.70. The zero-order chi connectivity index (χ0) is 9.38. The first-order valence-corrected chi connectivity index (χ1v) is 6.62. The summed E-state index contributed by atoms with van der Waals surface area (Å²) in [6.45, 7) is 2.64. The molecule has 1 nitrogen and oxygen atoms in total. The van der Waals surface area contributed by atoms with E-state index < -0.39 is 0 Å². The van der Waals surface area contributed by atoms with Gasteiger partial charge in [-0.25, -0.2) is 0 Å². The van der Waals surface area contributed by atoms with Crippen molar-refractivity contribution >= 4 is 0 Å². The highest BCUT2D eigenvalue weighted by Gasteiger charge is 2.38. The smallest absolute Gasteiger partial charge is 0.00176 e. The Labute approximate surface area is 87.7 Å². The van der Waals surface area contributed by atoms with Crippen LogP contribution in [-0.2, 0) is 0 Å². The normalized spacial score (nSPS) is 41.6. The van der Waals surface area contributed by atoms with E-state index in [-0.39, 0.29) is 0 Å². The van der Waals surface area contributed by atoms with E-state index >= 15 is 0 Å². The number of hydrogen-bond donors (Lipinski definition) is 1. The molecule has 1 N–H and O–H groups in total. The Morgan fingerprint density at radius 2 is 1.86 bits per heavy atom. The highest BCUT2D eigenvalue weighted by Crippen LogP contribution is 2.47. The second kappa shape index (κ2) is 3.84. The van der Waals surface area contributed by atoms with Crippen molar-refractivity contribution in [1.29, 1.82) is 0 Å². The first-order valence-electron chi connectivity index (χ1n) is 6.62. The first-order chi connectivity index (χ1) is 6.92. The van der Waals surface area contributed by atoms with E-state index in [9.17, 15) is 0 Å². The summed E-state index contributed by atoms with van der Waals surface area (Å²) in [5.74, 6) is 4.31. The van der Waals surface area contributed by atoms with Gasteiger partial charge in [0.2, 0.25) is 0 Å². The zero-order valence-corrected chi connectivity index (χ0v) is 9.17. The fourth-order valence-electron chi connectivity index (χ4n) is 3.80. The minimum absolute atomic E-state index is 1.04. The summed E-state index contributed by atoms with van der Waals surface area (Å²) in [4.78, 5) is 0. The summed E-state index contributed by atoms with van der Waals surface area (Å²) in [5, 5.41) is 3.71. The van der Waals surface area contributed by atoms with Crippen LogP contribution < -0.4 is 5.32 Å². The number of rotatable bonds is 4. The van der Waals surface area contributed by atoms with Gasteiger partial charge in [0.05, 0.1) is 0 Å². The van der Waals surface area contributed by atoms with Crippen molar-refractivity contribution < 1.29 is 0 Å².